The third kappa shape index (κ3) is 4.36. The summed E-state index contributed by atoms with van der Waals surface area (Å²) in [5.41, 5.74) is 6.01. The minimum absolute atomic E-state index is 0.126. The van der Waals surface area contributed by atoms with E-state index in [1.807, 2.05) is 49.6 Å². The van der Waals surface area contributed by atoms with E-state index in [-0.39, 0.29) is 11.5 Å². The Morgan fingerprint density at radius 1 is 0.938 bits per heavy atom. The molecule has 0 bridgehead atoms. The van der Waals surface area contributed by atoms with Crippen molar-refractivity contribution < 1.29 is 8.42 Å². The standard InChI is InChI=1S/C22H29N7O2S/c1-6-7-18-20-21(28(5)27-18)22(29-10-12-32(30,31)13-11-29)26-19(25-20)9-8-17-16(4)23-14(2)15(3)24-17/h8-9H,6-7,10-13H2,1-5H3. The molecule has 0 unspecified atom stereocenters. The van der Waals surface area contributed by atoms with E-state index in [0.717, 1.165) is 58.2 Å². The Morgan fingerprint density at radius 2 is 1.62 bits per heavy atom. The number of anilines is 1. The highest BCUT2D eigenvalue weighted by Crippen LogP contribution is 2.28. The van der Waals surface area contributed by atoms with Crippen molar-refractivity contribution in [2.75, 3.05) is 29.5 Å². The monoisotopic (exact) mass is 455 g/mol. The highest BCUT2D eigenvalue weighted by molar-refractivity contribution is 7.91. The Bertz CT molecular complexity index is 1300. The second-order valence-corrected chi connectivity index (χ2v) is 10.6. The third-order valence-corrected chi connectivity index (χ3v) is 7.40. The first-order valence-corrected chi connectivity index (χ1v) is 12.7. The average Bonchev–Trinajstić information content (AvgIpc) is 3.05. The van der Waals surface area contributed by atoms with Crippen LogP contribution < -0.4 is 4.90 Å². The molecular formula is C22H29N7O2S. The van der Waals surface area contributed by atoms with Crippen LogP contribution in [0.3, 0.4) is 0 Å². The molecule has 170 valence electrons. The van der Waals surface area contributed by atoms with Crippen LogP contribution in [0.5, 0.6) is 0 Å². The van der Waals surface area contributed by atoms with E-state index in [0.29, 0.717) is 18.9 Å². The van der Waals surface area contributed by atoms with Gasteiger partial charge in [-0.25, -0.2) is 23.4 Å². The first-order chi connectivity index (χ1) is 15.2. The second-order valence-electron chi connectivity index (χ2n) is 8.26. The van der Waals surface area contributed by atoms with Crippen molar-refractivity contribution in [2.45, 2.75) is 40.5 Å². The smallest absolute Gasteiger partial charge is 0.159 e. The molecule has 1 fully saturated rings. The molecule has 3 aromatic heterocycles. The molecule has 4 rings (SSSR count). The molecule has 9 nitrogen and oxygen atoms in total. The quantitative estimate of drug-likeness (QED) is 0.577. The lowest BCUT2D eigenvalue weighted by Crippen LogP contribution is -2.41. The lowest BCUT2D eigenvalue weighted by atomic mass is 10.2. The summed E-state index contributed by atoms with van der Waals surface area (Å²) >= 11 is 0. The third-order valence-electron chi connectivity index (χ3n) is 5.79. The van der Waals surface area contributed by atoms with Gasteiger partial charge in [0.2, 0.25) is 0 Å². The zero-order chi connectivity index (χ0) is 23.0. The van der Waals surface area contributed by atoms with Crippen LogP contribution in [0.1, 0.15) is 47.6 Å². The van der Waals surface area contributed by atoms with Gasteiger partial charge >= 0.3 is 0 Å². The summed E-state index contributed by atoms with van der Waals surface area (Å²) in [4.78, 5) is 20.8. The number of fused-ring (bicyclic) bond motifs is 1. The zero-order valence-corrected chi connectivity index (χ0v) is 20.1. The van der Waals surface area contributed by atoms with E-state index >= 15 is 0 Å². The van der Waals surface area contributed by atoms with Crippen LogP contribution in [0.2, 0.25) is 0 Å². The molecule has 0 aliphatic carbocycles. The predicted octanol–water partition coefficient (Wildman–Crippen LogP) is 2.44. The van der Waals surface area contributed by atoms with E-state index in [4.69, 9.17) is 9.97 Å². The van der Waals surface area contributed by atoms with E-state index in [9.17, 15) is 8.42 Å². The molecule has 0 spiro atoms. The second kappa shape index (κ2) is 8.57. The fourth-order valence-corrected chi connectivity index (χ4v) is 5.11. The summed E-state index contributed by atoms with van der Waals surface area (Å²) in [6, 6.07) is 0. The topological polar surface area (TPSA) is 107 Å². The molecule has 1 aliphatic heterocycles. The predicted molar refractivity (Wildman–Crippen MR) is 126 cm³/mol. The fourth-order valence-electron chi connectivity index (χ4n) is 3.91. The van der Waals surface area contributed by atoms with Gasteiger partial charge in [0.15, 0.2) is 21.5 Å². The summed E-state index contributed by atoms with van der Waals surface area (Å²) in [5, 5.41) is 4.68. The van der Waals surface area contributed by atoms with Crippen molar-refractivity contribution in [1.82, 2.24) is 29.7 Å². The maximum Gasteiger partial charge on any atom is 0.159 e. The van der Waals surface area contributed by atoms with Crippen molar-refractivity contribution >= 4 is 38.8 Å². The number of aryl methyl sites for hydroxylation is 5. The molecule has 10 heteroatoms. The Hall–Kier alpha value is -2.88. The number of sulfone groups is 1. The number of hydrogen-bond donors (Lipinski definition) is 0. The largest absolute Gasteiger partial charge is 0.353 e. The van der Waals surface area contributed by atoms with Gasteiger partial charge in [0.1, 0.15) is 11.0 Å². The number of aromatic nitrogens is 6. The Labute approximate surface area is 188 Å². The van der Waals surface area contributed by atoms with Crippen molar-refractivity contribution in [2.24, 2.45) is 7.05 Å². The van der Waals surface area contributed by atoms with Crippen LogP contribution in [0.15, 0.2) is 0 Å². The van der Waals surface area contributed by atoms with Crippen LogP contribution in [0.4, 0.5) is 5.82 Å². The molecule has 0 radical (unpaired) electrons. The molecule has 0 aromatic carbocycles. The van der Waals surface area contributed by atoms with Crippen LogP contribution in [-0.2, 0) is 23.3 Å². The minimum Gasteiger partial charge on any atom is -0.353 e. The first kappa shape index (κ1) is 22.3. The summed E-state index contributed by atoms with van der Waals surface area (Å²) in [7, 11) is -1.11. The molecule has 4 heterocycles. The maximum absolute atomic E-state index is 12.0. The van der Waals surface area contributed by atoms with E-state index in [1.54, 1.807) is 0 Å². The van der Waals surface area contributed by atoms with Gasteiger partial charge in [-0.15, -0.1) is 0 Å². The molecular weight excluding hydrogens is 426 g/mol. The average molecular weight is 456 g/mol. The highest BCUT2D eigenvalue weighted by atomic mass is 32.2. The molecule has 0 saturated carbocycles. The Morgan fingerprint density at radius 3 is 2.31 bits per heavy atom. The summed E-state index contributed by atoms with van der Waals surface area (Å²) in [6.07, 6.45) is 5.50. The minimum atomic E-state index is -3.00. The van der Waals surface area contributed by atoms with Crippen molar-refractivity contribution in [3.63, 3.8) is 0 Å². The number of nitrogens with zero attached hydrogens (tertiary/aromatic N) is 7. The number of rotatable bonds is 5. The SMILES string of the molecule is CCCc1nn(C)c2c(N3CCS(=O)(=O)CC3)nc(C=Cc3nc(C)c(C)nc3C)nc12. The zero-order valence-electron chi connectivity index (χ0n) is 19.3. The van der Waals surface area contributed by atoms with E-state index < -0.39 is 9.84 Å². The van der Waals surface area contributed by atoms with Crippen LogP contribution in [-0.4, -0.2) is 62.7 Å². The van der Waals surface area contributed by atoms with Gasteiger partial charge in [-0.2, -0.15) is 5.10 Å². The fraction of sp³-hybridized carbons (Fsp3) is 0.500. The molecule has 0 N–H and O–H groups in total. The van der Waals surface area contributed by atoms with Gasteiger partial charge in [0, 0.05) is 20.1 Å². The van der Waals surface area contributed by atoms with Crippen molar-refractivity contribution in [3.8, 4) is 0 Å². The van der Waals surface area contributed by atoms with Crippen molar-refractivity contribution in [1.29, 1.82) is 0 Å². The normalized spacial score (nSPS) is 16.3. The van der Waals surface area contributed by atoms with Gasteiger partial charge in [0.25, 0.3) is 0 Å². The molecule has 1 aliphatic rings. The molecule has 3 aromatic rings. The van der Waals surface area contributed by atoms with Crippen LogP contribution in [0.25, 0.3) is 23.2 Å². The van der Waals surface area contributed by atoms with Gasteiger partial charge < -0.3 is 4.90 Å². The van der Waals surface area contributed by atoms with E-state index in [1.165, 1.54) is 0 Å². The number of hydrogen-bond acceptors (Lipinski definition) is 8. The van der Waals surface area contributed by atoms with Gasteiger partial charge in [-0.3, -0.25) is 9.67 Å². The van der Waals surface area contributed by atoms with Gasteiger partial charge in [-0.05, 0) is 39.3 Å². The van der Waals surface area contributed by atoms with Gasteiger partial charge in [0.05, 0.1) is 40.0 Å². The Kier molecular flexibility index (Phi) is 5.98. The lowest BCUT2D eigenvalue weighted by Gasteiger charge is -2.28. The van der Waals surface area contributed by atoms with Crippen LogP contribution >= 0.6 is 0 Å². The molecule has 1 saturated heterocycles. The summed E-state index contributed by atoms with van der Waals surface area (Å²) in [6.45, 7) is 8.75. The van der Waals surface area contributed by atoms with Crippen LogP contribution in [0, 0.1) is 20.8 Å². The first-order valence-electron chi connectivity index (χ1n) is 10.9. The molecule has 32 heavy (non-hydrogen) atoms. The van der Waals surface area contributed by atoms with Gasteiger partial charge in [-0.1, -0.05) is 13.3 Å². The van der Waals surface area contributed by atoms with E-state index in [2.05, 4.69) is 22.0 Å². The van der Waals surface area contributed by atoms with Crippen molar-refractivity contribution in [3.05, 3.63) is 34.3 Å². The summed E-state index contributed by atoms with van der Waals surface area (Å²) in [5.74, 6) is 1.53. The highest BCUT2D eigenvalue weighted by Gasteiger charge is 2.26. The lowest BCUT2D eigenvalue weighted by molar-refractivity contribution is 0.586. The Balaban J connectivity index is 1.81. The molecule has 0 amide bonds. The molecule has 0 atom stereocenters. The summed E-state index contributed by atoms with van der Waals surface area (Å²) < 4.78 is 25.7. The maximum atomic E-state index is 12.0.